The molecule has 4 aliphatic carbocycles. The van der Waals surface area contributed by atoms with Gasteiger partial charge in [0.2, 0.25) is 0 Å². The normalized spacial score (nSPS) is 46.7. The maximum absolute atomic E-state index is 13.8. The number of rotatable bonds is 18. The summed E-state index contributed by atoms with van der Waals surface area (Å²) in [5, 5.41) is 34.7. The van der Waals surface area contributed by atoms with Crippen molar-refractivity contribution < 1.29 is 106 Å². The molecule has 0 radical (unpaired) electrons. The van der Waals surface area contributed by atoms with E-state index in [0.717, 1.165) is 5.57 Å². The second-order valence-electron chi connectivity index (χ2n) is 23.9. The van der Waals surface area contributed by atoms with Crippen LogP contribution < -0.4 is 0 Å². The fraction of sp³-hybridized carbons (Fsp3) is 0.862. The minimum Gasteiger partial charge on any atom is -0.465 e. The summed E-state index contributed by atoms with van der Waals surface area (Å²) in [5.74, 6) is -3.86. The highest BCUT2D eigenvalue weighted by Gasteiger charge is 2.76. The largest absolute Gasteiger partial charge is 0.465 e. The number of esters is 3. The molecule has 0 aromatic carbocycles. The van der Waals surface area contributed by atoms with Gasteiger partial charge in [-0.05, 0) is 92.9 Å². The number of hydrogen-bond donors (Lipinski definition) is 3. The second kappa shape index (κ2) is 25.7. The number of allylic oxidation sites excluding steroid dienone is 2. The third-order valence-electron chi connectivity index (χ3n) is 19.4. The first-order valence-electron chi connectivity index (χ1n) is 28.7. The average molecular weight is 1140 g/mol. The Kier molecular flexibility index (Phi) is 20.2. The lowest BCUT2D eigenvalue weighted by Crippen LogP contribution is -2.73. The van der Waals surface area contributed by atoms with Gasteiger partial charge in [0.15, 0.2) is 25.2 Å². The summed E-state index contributed by atoms with van der Waals surface area (Å²) in [6.45, 7) is 16.4. The van der Waals surface area contributed by atoms with E-state index in [2.05, 4.69) is 6.08 Å². The molecule has 0 bridgehead atoms. The first-order chi connectivity index (χ1) is 37.9. The van der Waals surface area contributed by atoms with Gasteiger partial charge in [0, 0.05) is 89.8 Å². The molecule has 8 aliphatic rings. The predicted octanol–water partition coefficient (Wildman–Crippen LogP) is 4.31. The summed E-state index contributed by atoms with van der Waals surface area (Å²) in [5.41, 5.74) is -2.60. The maximum Gasteiger partial charge on any atom is 0.333 e. The molecule has 0 aromatic heterocycles. The van der Waals surface area contributed by atoms with Crippen molar-refractivity contribution in [2.75, 3.05) is 35.0 Å². The molecule has 22 heteroatoms. The number of methoxy groups -OCH3 is 4. The number of aliphatic hydroxyl groups is 3. The van der Waals surface area contributed by atoms with Crippen molar-refractivity contribution in [3.05, 3.63) is 23.3 Å². The van der Waals surface area contributed by atoms with Crippen LogP contribution in [0.5, 0.6) is 0 Å². The van der Waals surface area contributed by atoms with E-state index in [9.17, 15) is 34.5 Å². The zero-order valence-corrected chi connectivity index (χ0v) is 49.1. The number of ketones is 1. The van der Waals surface area contributed by atoms with Gasteiger partial charge in [0.25, 0.3) is 0 Å². The molecule has 4 heterocycles. The lowest BCUT2D eigenvalue weighted by Gasteiger charge is -2.65. The molecule has 80 heavy (non-hydrogen) atoms. The molecule has 454 valence electrons. The van der Waals surface area contributed by atoms with E-state index >= 15 is 0 Å². The molecule has 0 spiro atoms. The summed E-state index contributed by atoms with van der Waals surface area (Å²) >= 11 is 0. The van der Waals surface area contributed by atoms with Crippen LogP contribution in [0.1, 0.15) is 127 Å². The van der Waals surface area contributed by atoms with Gasteiger partial charge in [0.05, 0.1) is 54.4 Å². The van der Waals surface area contributed by atoms with Crippen molar-refractivity contribution in [3.8, 4) is 0 Å². The Hall–Kier alpha value is -3.04. The highest BCUT2D eigenvalue weighted by Crippen LogP contribution is 2.69. The van der Waals surface area contributed by atoms with Gasteiger partial charge in [-0.1, -0.05) is 24.6 Å². The Morgan fingerprint density at radius 2 is 1.21 bits per heavy atom. The molecule has 4 aliphatic heterocycles. The Morgan fingerprint density at radius 3 is 1.71 bits per heavy atom. The van der Waals surface area contributed by atoms with E-state index in [1.54, 1.807) is 55.1 Å². The summed E-state index contributed by atoms with van der Waals surface area (Å²) in [7, 11) is 6.20. The Balaban J connectivity index is 0.926. The third kappa shape index (κ3) is 12.0. The van der Waals surface area contributed by atoms with Gasteiger partial charge >= 0.3 is 17.9 Å². The van der Waals surface area contributed by atoms with Crippen LogP contribution in [0.2, 0.25) is 0 Å². The number of hydrogen-bond acceptors (Lipinski definition) is 22. The van der Waals surface area contributed by atoms with Gasteiger partial charge in [-0.2, -0.15) is 0 Å². The lowest BCUT2D eigenvalue weighted by atomic mass is 9.43. The van der Waals surface area contributed by atoms with E-state index in [4.69, 9.17) is 71.1 Å². The van der Waals surface area contributed by atoms with Crippen LogP contribution in [0.3, 0.4) is 0 Å². The van der Waals surface area contributed by atoms with E-state index in [1.807, 2.05) is 20.8 Å². The maximum atomic E-state index is 13.8. The van der Waals surface area contributed by atoms with E-state index in [1.165, 1.54) is 27.9 Å². The minimum atomic E-state index is -1.53. The summed E-state index contributed by atoms with van der Waals surface area (Å²) in [6, 6.07) is 0. The molecular weight excluding hydrogens is 1050 g/mol. The van der Waals surface area contributed by atoms with Crippen LogP contribution in [0, 0.1) is 28.6 Å². The molecule has 22 nitrogen and oxygen atoms in total. The molecule has 7 fully saturated rings. The molecule has 8 rings (SSSR count). The molecule has 2 unspecified atom stereocenters. The SMILES string of the molecule is C/C=C(\C)C(=O)O[C@@H]1[C@@H](OC(C)=O)C2C(CC=C3C[C@@H](O[C@H]4C[C@H](OC)[C@H](O[C@H]5C[C@H](OC)[C@H](O[C@H]6C[C@@H](OC)[C@H](O[C@@H]7O[C@H](C)[C@@H](O)[C@H](OC)[C@H]7O)[C@@H](C)O6)[C@@H](C)O5)[C@@H](C)O4)CC[C@@]32COC(C)=O)[C@@]2(O)CC[C@H](C(C)=O)[C@@]12C. The molecule has 26 atom stereocenters. The van der Waals surface area contributed by atoms with Crippen LogP contribution in [-0.2, 0) is 90.2 Å². The highest BCUT2D eigenvalue weighted by atomic mass is 16.8. The molecule has 0 aromatic rings. The first kappa shape index (κ1) is 63.0. The van der Waals surface area contributed by atoms with Crippen LogP contribution in [0.4, 0.5) is 0 Å². The topological polar surface area (TPSA) is 267 Å². The van der Waals surface area contributed by atoms with Gasteiger partial charge in [-0.25, -0.2) is 4.79 Å². The van der Waals surface area contributed by atoms with Crippen LogP contribution in [0.15, 0.2) is 23.3 Å². The van der Waals surface area contributed by atoms with Crippen molar-refractivity contribution in [2.24, 2.45) is 28.6 Å². The predicted molar refractivity (Wildman–Crippen MR) is 280 cm³/mol. The standard InChI is InChI=1S/C58H90O22/c1-15-27(2)54(64)80-53-51(75-34(9)61)45-38(58(65)21-19-37(28(3)59)56(53,58)10)17-16-35-22-36(18-20-57(35,45)26-70-33(8)60)76-42-23-39(66-11)48(30(5)71-42)77-43-24-40(67-12)49(31(6)72-43)78-44-25-41(68-13)50(32(7)73-44)79-55-47(63)52(69-14)46(62)29(4)74-55/h15-16,29-32,36-53,55,62-63,65H,17-26H2,1-14H3/b27-15+/t29-,30-,31-,32-,36+,37-,38?,39+,40+,41-,42+,43+,44+,45?,46-,47-,48-,49-,50-,51+,52+,53-,55+,56+,57-,58+/m1/s1. The fourth-order valence-electron chi connectivity index (χ4n) is 15.2. The van der Waals surface area contributed by atoms with Crippen molar-refractivity contribution in [3.63, 3.8) is 0 Å². The van der Waals surface area contributed by atoms with Crippen molar-refractivity contribution in [1.82, 2.24) is 0 Å². The summed E-state index contributed by atoms with van der Waals surface area (Å²) < 4.78 is 93.6. The Morgan fingerprint density at radius 1 is 0.662 bits per heavy atom. The molecule has 0 amide bonds. The fourth-order valence-corrected chi connectivity index (χ4v) is 15.2. The Labute approximate surface area is 470 Å². The average Bonchev–Trinajstić information content (AvgIpc) is 3.54. The summed E-state index contributed by atoms with van der Waals surface area (Å²) in [4.78, 5) is 53.3. The quantitative estimate of drug-likeness (QED) is 0.0747. The lowest BCUT2D eigenvalue weighted by molar-refractivity contribution is -0.355. The number of fused-ring (bicyclic) bond motifs is 5. The van der Waals surface area contributed by atoms with Crippen molar-refractivity contribution >= 4 is 23.7 Å². The number of carbonyl (C=O) groups excluding carboxylic acids is 4. The van der Waals surface area contributed by atoms with Crippen LogP contribution in [0.25, 0.3) is 0 Å². The number of ether oxygens (including phenoxy) is 15. The van der Waals surface area contributed by atoms with Gasteiger partial charge in [-0.15, -0.1) is 0 Å². The third-order valence-corrected chi connectivity index (χ3v) is 19.4. The second-order valence-corrected chi connectivity index (χ2v) is 23.9. The number of aliphatic hydroxyl groups excluding tert-OH is 2. The van der Waals surface area contributed by atoms with Crippen molar-refractivity contribution in [1.29, 1.82) is 0 Å². The monoisotopic (exact) mass is 1140 g/mol. The van der Waals surface area contributed by atoms with E-state index in [-0.39, 0.29) is 31.3 Å². The van der Waals surface area contributed by atoms with E-state index in [0.29, 0.717) is 50.5 Å². The van der Waals surface area contributed by atoms with Crippen LogP contribution >= 0.6 is 0 Å². The summed E-state index contributed by atoms with van der Waals surface area (Å²) in [6.07, 6.45) is -7.73. The smallest absolute Gasteiger partial charge is 0.333 e. The zero-order valence-electron chi connectivity index (χ0n) is 49.1. The van der Waals surface area contributed by atoms with Gasteiger partial charge < -0.3 is 86.4 Å². The molecule has 4 saturated heterocycles. The van der Waals surface area contributed by atoms with Crippen LogP contribution in [-0.4, -0.2) is 202 Å². The first-order valence-corrected chi connectivity index (χ1v) is 28.7. The van der Waals surface area contributed by atoms with Crippen molar-refractivity contribution in [2.45, 2.75) is 255 Å². The number of Topliss-reactive ketones (excluding diaryl/α,β-unsaturated/α-hetero) is 1. The van der Waals surface area contributed by atoms with E-state index < -0.39 is 169 Å². The zero-order chi connectivity index (χ0) is 58.3. The van der Waals surface area contributed by atoms with Gasteiger partial charge in [0.1, 0.15) is 61.2 Å². The minimum absolute atomic E-state index is 0.0816. The molecule has 3 saturated carbocycles. The molecule has 3 N–H and O–H groups in total. The Bertz CT molecular complexity index is 2240. The number of carbonyl (C=O) groups is 4. The molecular formula is C58H90O22. The highest BCUT2D eigenvalue weighted by molar-refractivity contribution is 5.88. The van der Waals surface area contributed by atoms with Gasteiger partial charge in [-0.3, -0.25) is 14.4 Å².